The molecule has 3 rings (SSSR count). The summed E-state index contributed by atoms with van der Waals surface area (Å²) < 4.78 is 5.32. The molecule has 1 aliphatic rings. The van der Waals surface area contributed by atoms with Crippen molar-refractivity contribution in [2.24, 2.45) is 0 Å². The van der Waals surface area contributed by atoms with Gasteiger partial charge in [-0.25, -0.2) is 4.98 Å². The molecule has 1 aromatic carbocycles. The van der Waals surface area contributed by atoms with E-state index in [4.69, 9.17) is 10.5 Å². The topological polar surface area (TPSA) is 104 Å². The summed E-state index contributed by atoms with van der Waals surface area (Å²) in [6.45, 7) is 1.48. The summed E-state index contributed by atoms with van der Waals surface area (Å²) in [6, 6.07) is 4.84. The molecule has 0 radical (unpaired) electrons. The fourth-order valence-electron chi connectivity index (χ4n) is 2.36. The molecule has 7 nitrogen and oxygen atoms in total. The van der Waals surface area contributed by atoms with Gasteiger partial charge < -0.3 is 20.5 Å². The molecular weight excluding hydrogens is 260 g/mol. The number of nitrogens with two attached hydrogens (primary N) is 1. The van der Waals surface area contributed by atoms with Gasteiger partial charge in [0.05, 0.1) is 36.8 Å². The quantitative estimate of drug-likeness (QED) is 0.651. The Labute approximate surface area is 115 Å². The average molecular weight is 276 g/mol. The maximum absolute atomic E-state index is 12.1. The summed E-state index contributed by atoms with van der Waals surface area (Å²) >= 11 is 0. The smallest absolute Gasteiger partial charge is 0.260 e. The summed E-state index contributed by atoms with van der Waals surface area (Å²) in [4.78, 5) is 21.2. The number of rotatable bonds is 2. The minimum Gasteiger partial charge on any atom is -0.399 e. The second kappa shape index (κ2) is 5.10. The molecule has 2 heterocycles. The van der Waals surface area contributed by atoms with E-state index in [1.54, 1.807) is 18.2 Å². The van der Waals surface area contributed by atoms with Gasteiger partial charge in [0.2, 0.25) is 5.95 Å². The van der Waals surface area contributed by atoms with Crippen molar-refractivity contribution in [1.82, 2.24) is 9.97 Å². The van der Waals surface area contributed by atoms with Crippen LogP contribution in [0.1, 0.15) is 0 Å². The number of hydrogen-bond donors (Lipinski definition) is 3. The number of nitrogens with zero attached hydrogens (tertiary/aromatic N) is 2. The first-order chi connectivity index (χ1) is 9.69. The number of aliphatic hydroxyl groups is 1. The molecular formula is C13H16N4O3. The number of H-pyrrole nitrogens is 1. The van der Waals surface area contributed by atoms with Crippen LogP contribution >= 0.6 is 0 Å². The highest BCUT2D eigenvalue weighted by Crippen LogP contribution is 2.18. The van der Waals surface area contributed by atoms with Gasteiger partial charge in [0.1, 0.15) is 0 Å². The second-order valence-corrected chi connectivity index (χ2v) is 4.77. The largest absolute Gasteiger partial charge is 0.399 e. The Balaban J connectivity index is 2.08. The lowest BCUT2D eigenvalue weighted by Crippen LogP contribution is -2.48. The first-order valence-corrected chi connectivity index (χ1v) is 6.44. The van der Waals surface area contributed by atoms with Crippen molar-refractivity contribution in [3.8, 4) is 0 Å². The zero-order valence-electron chi connectivity index (χ0n) is 10.9. The van der Waals surface area contributed by atoms with Gasteiger partial charge in [0.15, 0.2) is 0 Å². The first-order valence-electron chi connectivity index (χ1n) is 6.44. The van der Waals surface area contributed by atoms with Crippen molar-refractivity contribution in [2.45, 2.75) is 6.04 Å². The highest BCUT2D eigenvalue weighted by atomic mass is 16.5. The van der Waals surface area contributed by atoms with Gasteiger partial charge in [0, 0.05) is 12.2 Å². The Kier molecular flexibility index (Phi) is 3.29. The van der Waals surface area contributed by atoms with Crippen LogP contribution in [0, 0.1) is 0 Å². The maximum Gasteiger partial charge on any atom is 0.260 e. The predicted molar refractivity (Wildman–Crippen MR) is 75.8 cm³/mol. The van der Waals surface area contributed by atoms with Crippen LogP contribution in [-0.2, 0) is 4.74 Å². The van der Waals surface area contributed by atoms with Gasteiger partial charge >= 0.3 is 0 Å². The number of hydrogen-bond acceptors (Lipinski definition) is 6. The molecule has 2 aromatic rings. The summed E-state index contributed by atoms with van der Waals surface area (Å²) in [6.07, 6.45) is 0. The Morgan fingerprint density at radius 2 is 2.40 bits per heavy atom. The van der Waals surface area contributed by atoms with Crippen molar-refractivity contribution < 1.29 is 9.84 Å². The lowest BCUT2D eigenvalue weighted by molar-refractivity contribution is 0.0718. The third-order valence-electron chi connectivity index (χ3n) is 3.43. The lowest BCUT2D eigenvalue weighted by Gasteiger charge is -2.34. The number of ether oxygens (including phenoxy) is 1. The molecule has 20 heavy (non-hydrogen) atoms. The van der Waals surface area contributed by atoms with Crippen LogP contribution in [0.25, 0.3) is 10.9 Å². The first kappa shape index (κ1) is 12.9. The summed E-state index contributed by atoms with van der Waals surface area (Å²) in [5, 5.41) is 9.84. The number of aromatic amines is 1. The molecule has 1 unspecified atom stereocenters. The Bertz CT molecular complexity index is 685. The molecule has 1 fully saturated rings. The molecule has 1 saturated heterocycles. The summed E-state index contributed by atoms with van der Waals surface area (Å²) in [5.41, 5.74) is 6.55. The number of morpholine rings is 1. The summed E-state index contributed by atoms with van der Waals surface area (Å²) in [7, 11) is 0. The van der Waals surface area contributed by atoms with E-state index in [2.05, 4.69) is 9.97 Å². The molecule has 1 atom stereocenters. The second-order valence-electron chi connectivity index (χ2n) is 4.77. The normalized spacial score (nSPS) is 19.4. The van der Waals surface area contributed by atoms with Crippen LogP contribution in [0.4, 0.5) is 11.6 Å². The van der Waals surface area contributed by atoms with Crippen LogP contribution in [-0.4, -0.2) is 47.5 Å². The van der Waals surface area contributed by atoms with E-state index in [9.17, 15) is 9.90 Å². The zero-order chi connectivity index (χ0) is 14.1. The van der Waals surface area contributed by atoms with Crippen LogP contribution in [0.15, 0.2) is 23.0 Å². The SMILES string of the molecule is Nc1ccc2nc(N3CCOCC3CO)[nH]c(=O)c2c1. The van der Waals surface area contributed by atoms with Gasteiger partial charge in [-0.3, -0.25) is 9.78 Å². The highest BCUT2D eigenvalue weighted by Gasteiger charge is 2.24. The number of anilines is 2. The molecule has 1 aliphatic heterocycles. The molecule has 0 amide bonds. The molecule has 106 valence electrons. The Morgan fingerprint density at radius 3 is 3.20 bits per heavy atom. The molecule has 0 aliphatic carbocycles. The number of aliphatic hydroxyl groups excluding tert-OH is 1. The predicted octanol–water partition coefficient (Wildman–Crippen LogP) is -0.297. The van der Waals surface area contributed by atoms with Crippen LogP contribution in [0.2, 0.25) is 0 Å². The molecule has 1 aromatic heterocycles. The maximum atomic E-state index is 12.1. The van der Waals surface area contributed by atoms with Gasteiger partial charge in [-0.1, -0.05) is 0 Å². The fourth-order valence-corrected chi connectivity index (χ4v) is 2.36. The van der Waals surface area contributed by atoms with Gasteiger partial charge in [-0.2, -0.15) is 0 Å². The minimum atomic E-state index is -0.236. The van der Waals surface area contributed by atoms with Crippen LogP contribution < -0.4 is 16.2 Å². The number of nitrogens with one attached hydrogen (secondary N) is 1. The molecule has 7 heteroatoms. The summed E-state index contributed by atoms with van der Waals surface area (Å²) in [5.74, 6) is 0.453. The van der Waals surface area contributed by atoms with E-state index in [1.165, 1.54) is 0 Å². The van der Waals surface area contributed by atoms with Crippen LogP contribution in [0.3, 0.4) is 0 Å². The van der Waals surface area contributed by atoms with E-state index >= 15 is 0 Å². The number of aromatic nitrogens is 2. The monoisotopic (exact) mass is 276 g/mol. The standard InChI is InChI=1S/C13H16N4O3/c14-8-1-2-11-10(5-8)12(19)16-13(15-11)17-3-4-20-7-9(17)6-18/h1-2,5,9,18H,3-4,6-7,14H2,(H,15,16,19). The minimum absolute atomic E-state index is 0.0521. The molecule has 0 bridgehead atoms. The molecule has 0 saturated carbocycles. The van der Waals surface area contributed by atoms with Crippen molar-refractivity contribution in [2.75, 3.05) is 37.0 Å². The van der Waals surface area contributed by atoms with E-state index in [0.29, 0.717) is 42.3 Å². The molecule has 4 N–H and O–H groups in total. The highest BCUT2D eigenvalue weighted by molar-refractivity contribution is 5.81. The Morgan fingerprint density at radius 1 is 1.55 bits per heavy atom. The zero-order valence-corrected chi connectivity index (χ0v) is 10.9. The number of nitrogen functional groups attached to an aromatic ring is 1. The van der Waals surface area contributed by atoms with Gasteiger partial charge in [-0.15, -0.1) is 0 Å². The number of benzene rings is 1. The van der Waals surface area contributed by atoms with Gasteiger partial charge in [0.25, 0.3) is 5.56 Å². The van der Waals surface area contributed by atoms with E-state index in [1.807, 2.05) is 4.90 Å². The van der Waals surface area contributed by atoms with Gasteiger partial charge in [-0.05, 0) is 18.2 Å². The lowest BCUT2D eigenvalue weighted by atomic mass is 10.2. The van der Waals surface area contributed by atoms with Crippen molar-refractivity contribution in [3.63, 3.8) is 0 Å². The van der Waals surface area contributed by atoms with E-state index in [-0.39, 0.29) is 18.2 Å². The third-order valence-corrected chi connectivity index (χ3v) is 3.43. The van der Waals surface area contributed by atoms with E-state index in [0.717, 1.165) is 0 Å². The van der Waals surface area contributed by atoms with Crippen LogP contribution in [0.5, 0.6) is 0 Å². The van der Waals surface area contributed by atoms with E-state index < -0.39 is 0 Å². The molecule has 0 spiro atoms. The Hall–Kier alpha value is -2.12. The van der Waals surface area contributed by atoms with Crippen molar-refractivity contribution in [3.05, 3.63) is 28.6 Å². The third kappa shape index (κ3) is 2.21. The van der Waals surface area contributed by atoms with Crippen molar-refractivity contribution in [1.29, 1.82) is 0 Å². The fraction of sp³-hybridized carbons (Fsp3) is 0.385. The van der Waals surface area contributed by atoms with Crippen molar-refractivity contribution >= 4 is 22.5 Å². The number of fused-ring (bicyclic) bond motifs is 1. The average Bonchev–Trinajstić information content (AvgIpc) is 2.47.